The van der Waals surface area contributed by atoms with Crippen LogP contribution in [0.4, 0.5) is 0 Å². The molecule has 0 saturated carbocycles. The molecule has 0 aliphatic heterocycles. The molecular formula is H4CaFeIP. The van der Waals surface area contributed by atoms with Crippen LogP contribution < -0.4 is 0 Å². The molecule has 4 heteroatoms. The zero-order valence-corrected chi connectivity index (χ0v) is 5.73. The molecule has 4 heavy (non-hydrogen) atoms. The first kappa shape index (κ1) is 15.8. The summed E-state index contributed by atoms with van der Waals surface area (Å²) >= 11 is 2.07. The normalized spacial score (nSPS) is 1.50. The SMILES string of the molecule is PI.[CaH2].[Fe]. The van der Waals surface area contributed by atoms with Gasteiger partial charge in [0.1, 0.15) is 0 Å². The van der Waals surface area contributed by atoms with E-state index >= 15 is 0 Å². The van der Waals surface area contributed by atoms with Crippen LogP contribution in [0.15, 0.2) is 0 Å². The number of hydrogen-bond donors (Lipinski definition) is 0. The third-order valence-electron chi connectivity index (χ3n) is 0. The zero-order chi connectivity index (χ0) is 2.00. The maximum atomic E-state index is 2.39. The van der Waals surface area contributed by atoms with E-state index in [0.717, 1.165) is 0 Å². The van der Waals surface area contributed by atoms with Crippen molar-refractivity contribution in [1.82, 2.24) is 0 Å². The van der Waals surface area contributed by atoms with Crippen LogP contribution >= 0.6 is 28.9 Å². The van der Waals surface area contributed by atoms with Crippen LogP contribution in [0.5, 0.6) is 0 Å². The molecule has 1 unspecified atom stereocenters. The first-order valence-electron chi connectivity index (χ1n) is 0.218. The molecule has 0 rings (SSSR count). The number of halogens is 1. The van der Waals surface area contributed by atoms with E-state index in [-0.39, 0.29) is 54.8 Å². The molecule has 0 saturated heterocycles. The Bertz CT molecular complexity index is 8.00. The van der Waals surface area contributed by atoms with Crippen molar-refractivity contribution in [3.63, 3.8) is 0 Å². The second kappa shape index (κ2) is 16.8. The fraction of sp³-hybridized carbons (Fsp3) is 0. The quantitative estimate of drug-likeness (QED) is 0.333. The molecule has 0 bridgehead atoms. The second-order valence-electron chi connectivity index (χ2n) is 0. The topological polar surface area (TPSA) is 0 Å². The van der Waals surface area contributed by atoms with Crippen molar-refractivity contribution in [3.05, 3.63) is 0 Å². The minimum atomic E-state index is 0. The van der Waals surface area contributed by atoms with Crippen LogP contribution in [-0.2, 0) is 17.1 Å². The Hall–Kier alpha value is 2.94. The molecule has 0 aromatic heterocycles. The minimum Gasteiger partial charge on any atom is 0 e. The van der Waals surface area contributed by atoms with Gasteiger partial charge in [-0.25, -0.2) is 0 Å². The van der Waals surface area contributed by atoms with Crippen LogP contribution in [0, 0.1) is 0 Å². The van der Waals surface area contributed by atoms with Crippen molar-refractivity contribution >= 4 is 66.7 Å². The van der Waals surface area contributed by atoms with E-state index in [1.165, 1.54) is 0 Å². The summed E-state index contributed by atoms with van der Waals surface area (Å²) in [5.74, 6) is 0. The van der Waals surface area contributed by atoms with Gasteiger partial charge >= 0.3 is 37.7 Å². The van der Waals surface area contributed by atoms with E-state index in [2.05, 4.69) is 28.9 Å². The average molecular weight is 258 g/mol. The van der Waals surface area contributed by atoms with Gasteiger partial charge in [-0.1, -0.05) is 28.9 Å². The van der Waals surface area contributed by atoms with Gasteiger partial charge in [0.2, 0.25) is 0 Å². The van der Waals surface area contributed by atoms with Gasteiger partial charge in [-0.05, 0) is 0 Å². The summed E-state index contributed by atoms with van der Waals surface area (Å²) in [5.41, 5.74) is 0. The van der Waals surface area contributed by atoms with E-state index in [9.17, 15) is 0 Å². The summed E-state index contributed by atoms with van der Waals surface area (Å²) in [4.78, 5) is 0. The largest absolute Gasteiger partial charge is 0 e. The fourth-order valence-electron chi connectivity index (χ4n) is 0. The van der Waals surface area contributed by atoms with Gasteiger partial charge < -0.3 is 0 Å². The van der Waals surface area contributed by atoms with Crippen LogP contribution in [0.2, 0.25) is 0 Å². The predicted octanol–water partition coefficient (Wildman–Crippen LogP) is 0.293. The molecule has 0 spiro atoms. The summed E-state index contributed by atoms with van der Waals surface area (Å²) < 4.78 is 0. The molecule has 0 aliphatic carbocycles. The molecule has 1 atom stereocenters. The van der Waals surface area contributed by atoms with Crippen LogP contribution in [0.1, 0.15) is 0 Å². The molecule has 0 aromatic carbocycles. The van der Waals surface area contributed by atoms with Crippen molar-refractivity contribution in [2.75, 3.05) is 0 Å². The molecule has 0 aromatic rings. The second-order valence-corrected chi connectivity index (χ2v) is 0. The molecule has 0 aliphatic rings. The molecule has 26 valence electrons. The third-order valence-corrected chi connectivity index (χ3v) is 0. The van der Waals surface area contributed by atoms with Crippen molar-refractivity contribution < 1.29 is 17.1 Å². The number of rotatable bonds is 0. The molecule has 0 fully saturated rings. The van der Waals surface area contributed by atoms with Crippen LogP contribution in [-0.4, -0.2) is 37.7 Å². The summed E-state index contributed by atoms with van der Waals surface area (Å²) in [7, 11) is 0. The van der Waals surface area contributed by atoms with Crippen molar-refractivity contribution in [2.24, 2.45) is 0 Å². The molecule has 0 heterocycles. The van der Waals surface area contributed by atoms with E-state index < -0.39 is 0 Å². The summed E-state index contributed by atoms with van der Waals surface area (Å²) in [6.07, 6.45) is 0. The fourth-order valence-corrected chi connectivity index (χ4v) is 0. The Balaban J connectivity index is -0.00000000500. The van der Waals surface area contributed by atoms with E-state index in [1.54, 1.807) is 0 Å². The van der Waals surface area contributed by atoms with Crippen LogP contribution in [0.25, 0.3) is 0 Å². The van der Waals surface area contributed by atoms with Gasteiger partial charge in [-0.15, -0.1) is 0 Å². The molecule has 0 amide bonds. The molecule has 0 nitrogen and oxygen atoms in total. The average Bonchev–Trinajstić information content (AvgIpc) is 1.00. The standard InChI is InChI=1S/Ca.Fe.H2IP.2H/c;;1-2;;/h;;2H2;;. The van der Waals surface area contributed by atoms with E-state index in [4.69, 9.17) is 0 Å². The Morgan fingerprint density at radius 1 is 1.25 bits per heavy atom. The monoisotopic (exact) mass is 258 g/mol. The van der Waals surface area contributed by atoms with E-state index in [0.29, 0.717) is 0 Å². The maximum absolute atomic E-state index is 2.39. The zero-order valence-electron chi connectivity index (χ0n) is 1.31. The predicted molar refractivity (Wildman–Crippen MR) is 32.3 cm³/mol. The molecule has 0 radical (unpaired) electrons. The van der Waals surface area contributed by atoms with Crippen molar-refractivity contribution in [3.8, 4) is 0 Å². The van der Waals surface area contributed by atoms with Crippen molar-refractivity contribution in [2.45, 2.75) is 0 Å². The van der Waals surface area contributed by atoms with Gasteiger partial charge in [-0.2, -0.15) is 0 Å². The van der Waals surface area contributed by atoms with Gasteiger partial charge in [-0.3, -0.25) is 0 Å². The van der Waals surface area contributed by atoms with E-state index in [1.807, 2.05) is 0 Å². The van der Waals surface area contributed by atoms with Crippen molar-refractivity contribution in [1.29, 1.82) is 0 Å². The Morgan fingerprint density at radius 2 is 1.25 bits per heavy atom. The first-order chi connectivity index (χ1) is 1.00. The third kappa shape index (κ3) is 8.87. The Morgan fingerprint density at radius 3 is 1.25 bits per heavy atom. The maximum Gasteiger partial charge on any atom is 0 e. The van der Waals surface area contributed by atoms with Gasteiger partial charge in [0.05, 0.1) is 0 Å². The smallest absolute Gasteiger partial charge is 0 e. The van der Waals surface area contributed by atoms with Gasteiger partial charge in [0.25, 0.3) is 0 Å². The molecular weight excluding hydrogens is 254 g/mol. The molecule has 0 N–H and O–H groups in total. The Kier molecular flexibility index (Phi) is 66.1. The summed E-state index contributed by atoms with van der Waals surface area (Å²) in [6, 6.07) is 0. The summed E-state index contributed by atoms with van der Waals surface area (Å²) in [6.45, 7) is 2.39. The summed E-state index contributed by atoms with van der Waals surface area (Å²) in [5, 5.41) is 0. The Labute approximate surface area is 82.0 Å². The number of hydrogen-bond acceptors (Lipinski definition) is 0. The van der Waals surface area contributed by atoms with Gasteiger partial charge in [0.15, 0.2) is 0 Å². The van der Waals surface area contributed by atoms with Gasteiger partial charge in [0, 0.05) is 17.1 Å². The minimum absolute atomic E-state index is 0. The first-order valence-corrected chi connectivity index (χ1v) is 4.39. The van der Waals surface area contributed by atoms with Crippen LogP contribution in [0.3, 0.4) is 0 Å².